The fourth-order valence-corrected chi connectivity index (χ4v) is 4.74. The van der Waals surface area contributed by atoms with E-state index in [4.69, 9.17) is 0 Å². The van der Waals surface area contributed by atoms with Gasteiger partial charge in [-0.15, -0.1) is 0 Å². The van der Waals surface area contributed by atoms with Crippen LogP contribution < -0.4 is 5.32 Å². The molecule has 5 rings (SSSR count). The lowest BCUT2D eigenvalue weighted by Gasteiger charge is -2.36. The van der Waals surface area contributed by atoms with E-state index in [1.54, 1.807) is 6.20 Å². The number of piperidine rings is 1. The van der Waals surface area contributed by atoms with Gasteiger partial charge >= 0.3 is 0 Å². The van der Waals surface area contributed by atoms with Gasteiger partial charge in [0, 0.05) is 24.5 Å². The van der Waals surface area contributed by atoms with Crippen LogP contribution in [0, 0.1) is 5.92 Å². The SMILES string of the molecule is O=C(Nc1ccc(-c2ccn[nH]2)cc1)C1CCCN(C2Cc3ccccc3C2)C1. The third-order valence-corrected chi connectivity index (χ3v) is 6.33. The van der Waals surface area contributed by atoms with Crippen LogP contribution in [0.3, 0.4) is 0 Å². The lowest BCUT2D eigenvalue weighted by molar-refractivity contribution is -0.121. The van der Waals surface area contributed by atoms with E-state index in [9.17, 15) is 4.79 Å². The minimum atomic E-state index is 0.0553. The van der Waals surface area contributed by atoms with Crippen molar-refractivity contribution in [1.82, 2.24) is 15.1 Å². The van der Waals surface area contributed by atoms with Crippen molar-refractivity contribution >= 4 is 11.6 Å². The first-order valence-electron chi connectivity index (χ1n) is 10.5. The summed E-state index contributed by atoms with van der Waals surface area (Å²) >= 11 is 0. The van der Waals surface area contributed by atoms with Gasteiger partial charge in [0.2, 0.25) is 5.91 Å². The molecule has 1 aromatic heterocycles. The topological polar surface area (TPSA) is 61.0 Å². The molecule has 1 amide bonds. The first-order chi connectivity index (χ1) is 14.3. The molecule has 5 heteroatoms. The van der Waals surface area contributed by atoms with Crippen molar-refractivity contribution in [2.45, 2.75) is 31.7 Å². The van der Waals surface area contributed by atoms with Gasteiger partial charge in [0.05, 0.1) is 11.6 Å². The van der Waals surface area contributed by atoms with E-state index in [1.165, 1.54) is 11.1 Å². The highest BCUT2D eigenvalue weighted by molar-refractivity contribution is 5.93. The van der Waals surface area contributed by atoms with E-state index in [0.29, 0.717) is 6.04 Å². The Morgan fingerprint density at radius 1 is 1.03 bits per heavy atom. The van der Waals surface area contributed by atoms with Gasteiger partial charge in [-0.3, -0.25) is 14.8 Å². The van der Waals surface area contributed by atoms with Crippen molar-refractivity contribution in [3.8, 4) is 11.3 Å². The molecule has 2 aliphatic rings. The van der Waals surface area contributed by atoms with E-state index in [1.807, 2.05) is 30.3 Å². The van der Waals surface area contributed by atoms with Crippen LogP contribution in [0.15, 0.2) is 60.8 Å². The lowest BCUT2D eigenvalue weighted by atomic mass is 9.95. The first-order valence-corrected chi connectivity index (χ1v) is 10.5. The quantitative estimate of drug-likeness (QED) is 0.715. The van der Waals surface area contributed by atoms with E-state index >= 15 is 0 Å². The summed E-state index contributed by atoms with van der Waals surface area (Å²) < 4.78 is 0. The van der Waals surface area contributed by atoms with Crippen molar-refractivity contribution in [3.63, 3.8) is 0 Å². The molecule has 0 saturated carbocycles. The monoisotopic (exact) mass is 386 g/mol. The number of anilines is 1. The summed E-state index contributed by atoms with van der Waals surface area (Å²) in [7, 11) is 0. The number of nitrogens with one attached hydrogen (secondary N) is 2. The molecule has 2 N–H and O–H groups in total. The number of likely N-dealkylation sites (tertiary alicyclic amines) is 1. The lowest BCUT2D eigenvalue weighted by Crippen LogP contribution is -2.46. The minimum Gasteiger partial charge on any atom is -0.326 e. The second-order valence-electron chi connectivity index (χ2n) is 8.20. The van der Waals surface area contributed by atoms with Crippen LogP contribution in [-0.4, -0.2) is 40.1 Å². The number of aromatic nitrogens is 2. The molecule has 5 nitrogen and oxygen atoms in total. The molecule has 0 bridgehead atoms. The second kappa shape index (κ2) is 7.84. The Morgan fingerprint density at radius 2 is 1.79 bits per heavy atom. The van der Waals surface area contributed by atoms with Gasteiger partial charge in [0.25, 0.3) is 0 Å². The number of rotatable bonds is 4. The average Bonchev–Trinajstić information content (AvgIpc) is 3.44. The largest absolute Gasteiger partial charge is 0.326 e. The standard InChI is InChI=1S/C24H26N4O/c29-24(26-21-9-7-17(8-10-21)23-11-12-25-27-23)20-6-3-13-28(16-20)22-14-18-4-1-2-5-19(18)15-22/h1-2,4-5,7-12,20,22H,3,6,13-16H2,(H,25,27)(H,26,29). The third kappa shape index (κ3) is 3.83. The number of nitrogens with zero attached hydrogens (tertiary/aromatic N) is 2. The number of H-pyrrole nitrogens is 1. The summed E-state index contributed by atoms with van der Waals surface area (Å²) in [6, 6.07) is 19.2. The van der Waals surface area contributed by atoms with Gasteiger partial charge in [0.1, 0.15) is 0 Å². The van der Waals surface area contributed by atoms with Crippen LogP contribution in [0.5, 0.6) is 0 Å². The average molecular weight is 386 g/mol. The van der Waals surface area contributed by atoms with Gasteiger partial charge in [-0.05, 0) is 67.1 Å². The normalized spacial score (nSPS) is 19.8. The summed E-state index contributed by atoms with van der Waals surface area (Å²) in [6.45, 7) is 1.96. The maximum absolute atomic E-state index is 12.9. The number of amides is 1. The van der Waals surface area contributed by atoms with Crippen LogP contribution in [0.2, 0.25) is 0 Å². The van der Waals surface area contributed by atoms with E-state index in [0.717, 1.165) is 55.7 Å². The molecule has 2 aromatic carbocycles. The smallest absolute Gasteiger partial charge is 0.228 e. The number of aromatic amines is 1. The molecule has 2 heterocycles. The van der Waals surface area contributed by atoms with E-state index in [2.05, 4.69) is 44.7 Å². The van der Waals surface area contributed by atoms with Crippen LogP contribution in [0.1, 0.15) is 24.0 Å². The summed E-state index contributed by atoms with van der Waals surface area (Å²) in [5.41, 5.74) is 5.83. The first kappa shape index (κ1) is 18.1. The molecular weight excluding hydrogens is 360 g/mol. The Labute approximate surface area is 171 Å². The Balaban J connectivity index is 1.20. The Kier molecular flexibility index (Phi) is 4.90. The molecule has 1 saturated heterocycles. The number of carbonyl (C=O) groups excluding carboxylic acids is 1. The highest BCUT2D eigenvalue weighted by Crippen LogP contribution is 2.29. The molecule has 3 aromatic rings. The summed E-state index contributed by atoms with van der Waals surface area (Å²) in [5.74, 6) is 0.194. The van der Waals surface area contributed by atoms with Gasteiger partial charge < -0.3 is 5.32 Å². The molecule has 0 radical (unpaired) electrons. The minimum absolute atomic E-state index is 0.0553. The molecule has 1 unspecified atom stereocenters. The number of benzene rings is 2. The second-order valence-corrected chi connectivity index (χ2v) is 8.20. The number of fused-ring (bicyclic) bond motifs is 1. The predicted molar refractivity (Wildman–Crippen MR) is 115 cm³/mol. The molecule has 29 heavy (non-hydrogen) atoms. The maximum Gasteiger partial charge on any atom is 0.228 e. The third-order valence-electron chi connectivity index (χ3n) is 6.33. The Bertz CT molecular complexity index is 955. The fourth-order valence-electron chi connectivity index (χ4n) is 4.74. The van der Waals surface area contributed by atoms with Crippen molar-refractivity contribution < 1.29 is 4.79 Å². The van der Waals surface area contributed by atoms with Gasteiger partial charge in [-0.25, -0.2) is 0 Å². The molecule has 0 spiro atoms. The van der Waals surface area contributed by atoms with Gasteiger partial charge in [-0.2, -0.15) is 5.10 Å². The zero-order valence-corrected chi connectivity index (χ0v) is 16.5. The Hall–Kier alpha value is -2.92. The predicted octanol–water partition coefficient (Wildman–Crippen LogP) is 3.89. The number of hydrogen-bond donors (Lipinski definition) is 2. The molecular formula is C24H26N4O. The van der Waals surface area contributed by atoms with Crippen LogP contribution in [-0.2, 0) is 17.6 Å². The summed E-state index contributed by atoms with van der Waals surface area (Å²) in [4.78, 5) is 15.4. The van der Waals surface area contributed by atoms with Crippen molar-refractivity contribution in [3.05, 3.63) is 71.9 Å². The van der Waals surface area contributed by atoms with Gasteiger partial charge in [0.15, 0.2) is 0 Å². The number of hydrogen-bond acceptors (Lipinski definition) is 3. The molecule has 1 aliphatic heterocycles. The van der Waals surface area contributed by atoms with Gasteiger partial charge in [-0.1, -0.05) is 36.4 Å². The molecule has 1 fully saturated rings. The van der Waals surface area contributed by atoms with Crippen LogP contribution in [0.25, 0.3) is 11.3 Å². The van der Waals surface area contributed by atoms with Crippen molar-refractivity contribution in [2.24, 2.45) is 5.92 Å². The zero-order valence-electron chi connectivity index (χ0n) is 16.5. The van der Waals surface area contributed by atoms with Crippen molar-refractivity contribution in [2.75, 3.05) is 18.4 Å². The van der Waals surface area contributed by atoms with Crippen LogP contribution >= 0.6 is 0 Å². The Morgan fingerprint density at radius 3 is 2.48 bits per heavy atom. The number of carbonyl (C=O) groups is 1. The maximum atomic E-state index is 12.9. The van der Waals surface area contributed by atoms with E-state index in [-0.39, 0.29) is 11.8 Å². The fraction of sp³-hybridized carbons (Fsp3) is 0.333. The molecule has 148 valence electrons. The summed E-state index contributed by atoms with van der Waals surface area (Å²) in [5, 5.41) is 10.1. The highest BCUT2D eigenvalue weighted by Gasteiger charge is 2.32. The van der Waals surface area contributed by atoms with Crippen LogP contribution in [0.4, 0.5) is 5.69 Å². The molecule has 1 aliphatic carbocycles. The van der Waals surface area contributed by atoms with E-state index < -0.39 is 0 Å². The zero-order chi connectivity index (χ0) is 19.6. The highest BCUT2D eigenvalue weighted by atomic mass is 16.1. The summed E-state index contributed by atoms with van der Waals surface area (Å²) in [6.07, 6.45) is 6.01. The molecule has 1 atom stereocenters. The van der Waals surface area contributed by atoms with Crippen molar-refractivity contribution in [1.29, 1.82) is 0 Å².